The molecule has 0 saturated heterocycles. The summed E-state index contributed by atoms with van der Waals surface area (Å²) < 4.78 is 25.0. The number of nitrogens with zero attached hydrogens (tertiary/aromatic N) is 1. The molecule has 0 radical (unpaired) electrons. The Morgan fingerprint density at radius 1 is 1.21 bits per heavy atom. The molecular formula is C20H22FN3O4. The summed E-state index contributed by atoms with van der Waals surface area (Å²) >= 11 is 0. The number of halogens is 1. The van der Waals surface area contributed by atoms with Crippen molar-refractivity contribution in [2.24, 2.45) is 0 Å². The van der Waals surface area contributed by atoms with Crippen LogP contribution >= 0.6 is 0 Å². The number of nitrogens with two attached hydrogens (primary N) is 1. The van der Waals surface area contributed by atoms with Gasteiger partial charge in [0.05, 0.1) is 37.4 Å². The number of benzene rings is 1. The SMILES string of the molecule is C=O.COc1cc(N)c(NC(=O)Cc2cnc3c(c2F)=CCCC=3)cc1OC. The monoisotopic (exact) mass is 387 g/mol. The molecule has 148 valence electrons. The first-order valence-corrected chi connectivity index (χ1v) is 8.47. The molecule has 28 heavy (non-hydrogen) atoms. The predicted molar refractivity (Wildman–Crippen MR) is 105 cm³/mol. The molecule has 3 N–H and O–H groups in total. The number of carbonyl (C=O) groups is 2. The number of aromatic nitrogens is 1. The first-order valence-electron chi connectivity index (χ1n) is 8.47. The third-order valence-corrected chi connectivity index (χ3v) is 4.19. The second-order valence-electron chi connectivity index (χ2n) is 5.90. The van der Waals surface area contributed by atoms with Crippen LogP contribution in [0.15, 0.2) is 18.3 Å². The van der Waals surface area contributed by atoms with E-state index in [4.69, 9.17) is 20.0 Å². The smallest absolute Gasteiger partial charge is 0.229 e. The lowest BCUT2D eigenvalue weighted by molar-refractivity contribution is -0.115. The maximum absolute atomic E-state index is 14.6. The fourth-order valence-corrected chi connectivity index (χ4v) is 2.86. The Labute approximate surface area is 161 Å². The van der Waals surface area contributed by atoms with Gasteiger partial charge in [-0.05, 0) is 12.8 Å². The van der Waals surface area contributed by atoms with E-state index in [1.165, 1.54) is 20.4 Å². The molecule has 0 fully saturated rings. The minimum Gasteiger partial charge on any atom is -0.493 e. The van der Waals surface area contributed by atoms with Gasteiger partial charge in [-0.2, -0.15) is 0 Å². The lowest BCUT2D eigenvalue weighted by Gasteiger charge is -2.13. The van der Waals surface area contributed by atoms with Gasteiger partial charge < -0.3 is 25.3 Å². The lowest BCUT2D eigenvalue weighted by atomic mass is 10.1. The number of nitrogens with one attached hydrogen (secondary N) is 1. The van der Waals surface area contributed by atoms with E-state index in [0.717, 1.165) is 12.8 Å². The Morgan fingerprint density at radius 2 is 1.86 bits per heavy atom. The summed E-state index contributed by atoms with van der Waals surface area (Å²) in [5.74, 6) is 0.0919. The van der Waals surface area contributed by atoms with Crippen LogP contribution in [0, 0.1) is 5.82 Å². The van der Waals surface area contributed by atoms with Crippen LogP contribution in [0.2, 0.25) is 0 Å². The molecule has 1 aromatic heterocycles. The van der Waals surface area contributed by atoms with Crippen molar-refractivity contribution in [3.63, 3.8) is 0 Å². The number of nitrogen functional groups attached to an aromatic ring is 1. The number of ether oxygens (including phenoxy) is 2. The molecule has 0 atom stereocenters. The van der Waals surface area contributed by atoms with Gasteiger partial charge in [-0.15, -0.1) is 0 Å². The number of carbonyl (C=O) groups excluding carboxylic acids is 2. The van der Waals surface area contributed by atoms with Crippen molar-refractivity contribution in [3.8, 4) is 11.5 Å². The van der Waals surface area contributed by atoms with Gasteiger partial charge in [0, 0.05) is 29.1 Å². The van der Waals surface area contributed by atoms with E-state index in [1.54, 1.807) is 12.1 Å². The quantitative estimate of drug-likeness (QED) is 0.747. The van der Waals surface area contributed by atoms with Gasteiger partial charge in [0.1, 0.15) is 12.6 Å². The van der Waals surface area contributed by atoms with E-state index in [2.05, 4.69) is 10.3 Å². The standard InChI is InChI=1S/C19H20FN3O3.CH2O/c1-25-16-8-13(21)15(9-17(16)26-2)23-18(24)7-11-10-22-14-6-4-3-5-12(14)19(11)20;1-2/h5-6,8-10H,3-4,7,21H2,1-2H3,(H,23,24);1H2. The number of rotatable bonds is 5. The Balaban J connectivity index is 0.00000136. The van der Waals surface area contributed by atoms with Gasteiger partial charge in [-0.25, -0.2) is 4.39 Å². The Hall–Kier alpha value is -3.42. The molecule has 0 bridgehead atoms. The molecule has 1 aromatic carbocycles. The Morgan fingerprint density at radius 3 is 2.54 bits per heavy atom. The van der Waals surface area contributed by atoms with Crippen molar-refractivity contribution < 1.29 is 23.5 Å². The Bertz CT molecular complexity index is 992. The molecular weight excluding hydrogens is 365 g/mol. The number of hydrogen-bond acceptors (Lipinski definition) is 6. The minimum atomic E-state index is -0.401. The molecule has 0 spiro atoms. The van der Waals surface area contributed by atoms with E-state index in [-0.39, 0.29) is 12.0 Å². The number of anilines is 2. The van der Waals surface area contributed by atoms with Crippen molar-refractivity contribution in [1.82, 2.24) is 4.98 Å². The van der Waals surface area contributed by atoms with Crippen molar-refractivity contribution >= 4 is 36.2 Å². The number of hydrogen-bond donors (Lipinski definition) is 2. The summed E-state index contributed by atoms with van der Waals surface area (Å²) in [6.45, 7) is 2.00. The Kier molecular flexibility index (Phi) is 7.08. The molecule has 1 heterocycles. The zero-order valence-corrected chi connectivity index (χ0v) is 15.8. The first-order chi connectivity index (χ1) is 13.5. The highest BCUT2D eigenvalue weighted by Gasteiger charge is 2.15. The highest BCUT2D eigenvalue weighted by molar-refractivity contribution is 5.95. The van der Waals surface area contributed by atoms with Crippen molar-refractivity contribution in [3.05, 3.63) is 40.3 Å². The average molecular weight is 387 g/mol. The van der Waals surface area contributed by atoms with Crippen molar-refractivity contribution in [1.29, 1.82) is 0 Å². The average Bonchev–Trinajstić information content (AvgIpc) is 2.73. The molecule has 8 heteroatoms. The summed E-state index contributed by atoms with van der Waals surface area (Å²) in [5, 5.41) is 3.77. The maximum Gasteiger partial charge on any atom is 0.229 e. The van der Waals surface area contributed by atoms with Gasteiger partial charge in [-0.1, -0.05) is 12.2 Å². The zero-order valence-electron chi connectivity index (χ0n) is 15.8. The minimum absolute atomic E-state index is 0.145. The number of pyridine rings is 1. The van der Waals surface area contributed by atoms with Gasteiger partial charge in [0.2, 0.25) is 5.91 Å². The summed E-state index contributed by atoms with van der Waals surface area (Å²) in [7, 11) is 2.98. The molecule has 2 aromatic rings. The van der Waals surface area contributed by atoms with Crippen LogP contribution in [0.25, 0.3) is 12.2 Å². The van der Waals surface area contributed by atoms with Crippen LogP contribution in [0.1, 0.15) is 18.4 Å². The van der Waals surface area contributed by atoms with Gasteiger partial charge in [0.15, 0.2) is 11.5 Å². The normalized spacial score (nSPS) is 11.7. The van der Waals surface area contributed by atoms with Crippen LogP contribution in [0.3, 0.4) is 0 Å². The van der Waals surface area contributed by atoms with Crippen molar-refractivity contribution in [2.75, 3.05) is 25.3 Å². The molecule has 0 saturated carbocycles. The largest absolute Gasteiger partial charge is 0.493 e. The second-order valence-corrected chi connectivity index (χ2v) is 5.90. The van der Waals surface area contributed by atoms with Crippen LogP contribution in [0.4, 0.5) is 15.8 Å². The highest BCUT2D eigenvalue weighted by Crippen LogP contribution is 2.34. The van der Waals surface area contributed by atoms with Crippen molar-refractivity contribution in [2.45, 2.75) is 19.3 Å². The first kappa shape index (κ1) is 20.9. The summed E-state index contributed by atoms with van der Waals surface area (Å²) in [6, 6.07) is 3.12. The highest BCUT2D eigenvalue weighted by atomic mass is 19.1. The summed E-state index contributed by atoms with van der Waals surface area (Å²) in [6.07, 6.45) is 6.58. The van der Waals surface area contributed by atoms with E-state index in [9.17, 15) is 9.18 Å². The van der Waals surface area contributed by atoms with E-state index < -0.39 is 11.7 Å². The number of fused-ring (bicyclic) bond motifs is 1. The summed E-state index contributed by atoms with van der Waals surface area (Å²) in [4.78, 5) is 24.6. The molecule has 0 aliphatic heterocycles. The van der Waals surface area contributed by atoms with Gasteiger partial charge >= 0.3 is 0 Å². The zero-order chi connectivity index (χ0) is 20.7. The van der Waals surface area contributed by atoms with E-state index in [0.29, 0.717) is 33.4 Å². The molecule has 0 unspecified atom stereocenters. The van der Waals surface area contributed by atoms with Crippen LogP contribution < -0.4 is 31.1 Å². The maximum atomic E-state index is 14.6. The lowest BCUT2D eigenvalue weighted by Crippen LogP contribution is -2.34. The summed E-state index contributed by atoms with van der Waals surface area (Å²) in [5.41, 5.74) is 6.88. The van der Waals surface area contributed by atoms with E-state index >= 15 is 0 Å². The second kappa shape index (κ2) is 9.50. The fraction of sp³-hybridized carbons (Fsp3) is 0.250. The molecule has 3 rings (SSSR count). The number of methoxy groups -OCH3 is 2. The van der Waals surface area contributed by atoms with Gasteiger partial charge in [0.25, 0.3) is 0 Å². The molecule has 1 aliphatic carbocycles. The molecule has 1 amide bonds. The molecule has 7 nitrogen and oxygen atoms in total. The number of amides is 1. The van der Waals surface area contributed by atoms with Crippen LogP contribution in [-0.4, -0.2) is 31.9 Å². The van der Waals surface area contributed by atoms with Crippen LogP contribution in [-0.2, 0) is 16.0 Å². The molecule has 1 aliphatic rings. The van der Waals surface area contributed by atoms with E-state index in [1.807, 2.05) is 18.9 Å². The third-order valence-electron chi connectivity index (χ3n) is 4.19. The fourth-order valence-electron chi connectivity index (χ4n) is 2.86. The third kappa shape index (κ3) is 4.46. The van der Waals surface area contributed by atoms with Gasteiger partial charge in [-0.3, -0.25) is 9.78 Å². The van der Waals surface area contributed by atoms with Crippen LogP contribution in [0.5, 0.6) is 11.5 Å². The topological polar surface area (TPSA) is 104 Å². The predicted octanol–water partition coefficient (Wildman–Crippen LogP) is 1.17.